The van der Waals surface area contributed by atoms with Crippen molar-refractivity contribution in [1.82, 2.24) is 0 Å². The van der Waals surface area contributed by atoms with E-state index < -0.39 is 35.7 Å². The van der Waals surface area contributed by atoms with Crippen molar-refractivity contribution in [2.45, 2.75) is 19.4 Å². The highest BCUT2D eigenvalue weighted by molar-refractivity contribution is 6.21. The van der Waals surface area contributed by atoms with Crippen molar-refractivity contribution in [3.8, 4) is 0 Å². The molecule has 0 aliphatic carbocycles. The number of aliphatic hydroxyl groups excluding tert-OH is 3. The monoisotopic (exact) mass is 426 g/mol. The van der Waals surface area contributed by atoms with Gasteiger partial charge < -0.3 is 30.6 Å². The summed E-state index contributed by atoms with van der Waals surface area (Å²) in [5.74, 6) is -4.22. The van der Waals surface area contributed by atoms with Gasteiger partial charge in [0.1, 0.15) is 0 Å². The molecular formula is C20H26O10. The number of benzene rings is 1. The number of carboxylic acids is 2. The largest absolute Gasteiger partial charge is 0.478 e. The van der Waals surface area contributed by atoms with E-state index in [2.05, 4.69) is 13.2 Å². The standard InChI is InChI=1S/C10H14O4.C8H6O4.C2H6O2/c1-6(2)8(12)10(14,5-11)9(13)7(3)4;9-7(10)5-3-1-2-4-6(5)8(11)12;3-1-2-4/h11,14H,1,3,5H2,2,4H3;1-4H,(H,9,10)(H,11,12);3-4H,1-2H2. The van der Waals surface area contributed by atoms with E-state index in [1.807, 2.05) is 0 Å². The minimum atomic E-state index is -2.42. The van der Waals surface area contributed by atoms with Gasteiger partial charge in [-0.05, 0) is 37.1 Å². The molecule has 30 heavy (non-hydrogen) atoms. The second kappa shape index (κ2) is 13.9. The van der Waals surface area contributed by atoms with Gasteiger partial charge in [0.2, 0.25) is 5.60 Å². The van der Waals surface area contributed by atoms with Crippen molar-refractivity contribution in [3.63, 3.8) is 0 Å². The minimum absolute atomic E-state index is 0.0103. The first-order valence-corrected chi connectivity index (χ1v) is 8.32. The molecule has 0 aliphatic heterocycles. The van der Waals surface area contributed by atoms with Crippen LogP contribution in [0.25, 0.3) is 0 Å². The van der Waals surface area contributed by atoms with E-state index in [-0.39, 0.29) is 35.5 Å². The first-order chi connectivity index (χ1) is 13.8. The van der Waals surface area contributed by atoms with Gasteiger partial charge >= 0.3 is 11.9 Å². The van der Waals surface area contributed by atoms with Crippen LogP contribution in [-0.2, 0) is 9.59 Å². The van der Waals surface area contributed by atoms with Crippen LogP contribution < -0.4 is 0 Å². The fourth-order valence-electron chi connectivity index (χ4n) is 1.81. The highest BCUT2D eigenvalue weighted by Crippen LogP contribution is 2.16. The number of carbonyl (C=O) groups excluding carboxylic acids is 2. The molecule has 1 aromatic carbocycles. The predicted molar refractivity (Wildman–Crippen MR) is 106 cm³/mol. The van der Waals surface area contributed by atoms with Gasteiger partial charge in [0.15, 0.2) is 11.6 Å². The molecule has 0 bridgehead atoms. The van der Waals surface area contributed by atoms with Crippen molar-refractivity contribution < 1.29 is 49.8 Å². The predicted octanol–water partition coefficient (Wildman–Crippen LogP) is 0.0542. The molecule has 0 unspecified atom stereocenters. The normalized spacial score (nSPS) is 9.80. The Morgan fingerprint density at radius 2 is 1.10 bits per heavy atom. The van der Waals surface area contributed by atoms with Crippen LogP contribution in [0.5, 0.6) is 0 Å². The van der Waals surface area contributed by atoms with Gasteiger partial charge in [-0.1, -0.05) is 25.3 Å². The summed E-state index contributed by atoms with van der Waals surface area (Å²) < 4.78 is 0. The Bertz CT molecular complexity index is 734. The quantitative estimate of drug-likeness (QED) is 0.245. The Labute approximate surface area is 173 Å². The summed E-state index contributed by atoms with van der Waals surface area (Å²) in [5.41, 5.74) is -2.78. The molecule has 166 valence electrons. The first kappa shape index (κ1) is 29.0. The Balaban J connectivity index is 0. The molecule has 0 aromatic heterocycles. The molecule has 0 heterocycles. The molecule has 0 aliphatic rings. The summed E-state index contributed by atoms with van der Waals surface area (Å²) >= 11 is 0. The molecule has 0 amide bonds. The smallest absolute Gasteiger partial charge is 0.336 e. The molecule has 0 fully saturated rings. The fourth-order valence-corrected chi connectivity index (χ4v) is 1.81. The average molecular weight is 426 g/mol. The number of Topliss-reactive ketones (excluding diaryl/α,β-unsaturated/α-hetero) is 2. The number of carboxylic acid groups (broad SMARTS) is 2. The Hall–Kier alpha value is -3.18. The van der Waals surface area contributed by atoms with Crippen molar-refractivity contribution in [1.29, 1.82) is 0 Å². The molecule has 10 nitrogen and oxygen atoms in total. The van der Waals surface area contributed by atoms with Crippen molar-refractivity contribution in [2.24, 2.45) is 0 Å². The van der Waals surface area contributed by atoms with Crippen molar-refractivity contribution in [2.75, 3.05) is 19.8 Å². The van der Waals surface area contributed by atoms with Crippen LogP contribution in [0.15, 0.2) is 48.6 Å². The third kappa shape index (κ3) is 8.88. The summed E-state index contributed by atoms with van der Waals surface area (Å²) in [7, 11) is 0. The van der Waals surface area contributed by atoms with E-state index in [1.54, 1.807) is 0 Å². The summed E-state index contributed by atoms with van der Waals surface area (Å²) in [6, 6.07) is 5.48. The number of ketones is 2. The zero-order valence-corrected chi connectivity index (χ0v) is 16.7. The van der Waals surface area contributed by atoms with Crippen LogP contribution in [0.3, 0.4) is 0 Å². The fraction of sp³-hybridized carbons (Fsp3) is 0.300. The SMILES string of the molecule is C=C(C)C(=O)C(O)(CO)C(=O)C(=C)C.O=C(O)c1ccccc1C(=O)O.OCCO. The average Bonchev–Trinajstić information content (AvgIpc) is 2.72. The van der Waals surface area contributed by atoms with Gasteiger partial charge in [-0.25, -0.2) is 9.59 Å². The maximum Gasteiger partial charge on any atom is 0.336 e. The van der Waals surface area contributed by atoms with Gasteiger partial charge in [-0.15, -0.1) is 0 Å². The van der Waals surface area contributed by atoms with Crippen LogP contribution in [0.2, 0.25) is 0 Å². The van der Waals surface area contributed by atoms with Gasteiger partial charge in [-0.2, -0.15) is 0 Å². The third-order valence-electron chi connectivity index (χ3n) is 3.24. The summed E-state index contributed by atoms with van der Waals surface area (Å²) in [5, 5.41) is 50.8. The first-order valence-electron chi connectivity index (χ1n) is 8.32. The van der Waals surface area contributed by atoms with E-state index in [9.17, 15) is 24.3 Å². The number of aliphatic hydroxyl groups is 4. The second-order valence-electron chi connectivity index (χ2n) is 5.84. The molecule has 0 saturated carbocycles. The molecule has 0 atom stereocenters. The van der Waals surface area contributed by atoms with E-state index in [0.29, 0.717) is 0 Å². The van der Waals surface area contributed by atoms with E-state index in [1.165, 1.54) is 38.1 Å². The Morgan fingerprint density at radius 3 is 1.27 bits per heavy atom. The van der Waals surface area contributed by atoms with E-state index in [0.717, 1.165) is 0 Å². The molecule has 1 aromatic rings. The Kier molecular flexibility index (Phi) is 13.5. The lowest BCUT2D eigenvalue weighted by atomic mass is 9.87. The minimum Gasteiger partial charge on any atom is -0.478 e. The highest BCUT2D eigenvalue weighted by atomic mass is 16.4. The number of aromatic carboxylic acids is 2. The van der Waals surface area contributed by atoms with Gasteiger partial charge in [0, 0.05) is 0 Å². The number of hydrogen-bond acceptors (Lipinski definition) is 8. The van der Waals surface area contributed by atoms with Crippen molar-refractivity contribution >= 4 is 23.5 Å². The summed E-state index contributed by atoms with van der Waals surface area (Å²) in [4.78, 5) is 43.7. The molecule has 6 N–H and O–H groups in total. The number of rotatable bonds is 8. The maximum atomic E-state index is 11.4. The lowest BCUT2D eigenvalue weighted by Crippen LogP contribution is -2.50. The molecule has 1 rings (SSSR count). The van der Waals surface area contributed by atoms with Crippen LogP contribution >= 0.6 is 0 Å². The molecule has 10 heteroatoms. The molecule has 0 saturated heterocycles. The maximum absolute atomic E-state index is 11.4. The lowest BCUT2D eigenvalue weighted by Gasteiger charge is -2.22. The van der Waals surface area contributed by atoms with E-state index in [4.69, 9.17) is 25.5 Å². The zero-order valence-electron chi connectivity index (χ0n) is 16.7. The zero-order chi connectivity index (χ0) is 24.1. The summed E-state index contributed by atoms with van der Waals surface area (Å²) in [6.45, 7) is 8.11. The molecular weight excluding hydrogens is 400 g/mol. The van der Waals surface area contributed by atoms with Crippen LogP contribution in [-0.4, -0.2) is 79.6 Å². The lowest BCUT2D eigenvalue weighted by molar-refractivity contribution is -0.150. The second-order valence-corrected chi connectivity index (χ2v) is 5.84. The topological polar surface area (TPSA) is 190 Å². The van der Waals surface area contributed by atoms with Gasteiger partial charge in [0.25, 0.3) is 0 Å². The van der Waals surface area contributed by atoms with Crippen LogP contribution in [0, 0.1) is 0 Å². The van der Waals surface area contributed by atoms with Crippen LogP contribution in [0.1, 0.15) is 34.6 Å². The molecule has 0 spiro atoms. The van der Waals surface area contributed by atoms with Gasteiger partial charge in [-0.3, -0.25) is 9.59 Å². The van der Waals surface area contributed by atoms with Crippen LogP contribution in [0.4, 0.5) is 0 Å². The third-order valence-corrected chi connectivity index (χ3v) is 3.24. The number of hydrogen-bond donors (Lipinski definition) is 6. The Morgan fingerprint density at radius 1 is 0.800 bits per heavy atom. The van der Waals surface area contributed by atoms with Gasteiger partial charge in [0.05, 0.1) is 30.9 Å². The molecule has 0 radical (unpaired) electrons. The number of carbonyl (C=O) groups is 4. The van der Waals surface area contributed by atoms with E-state index >= 15 is 0 Å². The summed E-state index contributed by atoms with van der Waals surface area (Å²) in [6.07, 6.45) is 0. The van der Waals surface area contributed by atoms with Crippen molar-refractivity contribution in [3.05, 3.63) is 59.7 Å². The highest BCUT2D eigenvalue weighted by Gasteiger charge is 2.43.